The Balaban J connectivity index is 2.66. The summed E-state index contributed by atoms with van der Waals surface area (Å²) < 4.78 is 2.06. The van der Waals surface area contributed by atoms with Crippen LogP contribution >= 0.6 is 31.9 Å². The lowest BCUT2D eigenvalue weighted by Crippen LogP contribution is -2.26. The summed E-state index contributed by atoms with van der Waals surface area (Å²) in [5.74, 6) is 0. The second kappa shape index (κ2) is 5.32. The van der Waals surface area contributed by atoms with Gasteiger partial charge in [0, 0.05) is 33.2 Å². The van der Waals surface area contributed by atoms with Crippen molar-refractivity contribution in [1.29, 1.82) is 0 Å². The van der Waals surface area contributed by atoms with Crippen LogP contribution in [-0.4, -0.2) is 18.3 Å². The van der Waals surface area contributed by atoms with E-state index < -0.39 is 0 Å². The number of hydrogen-bond acceptors (Lipinski definition) is 2. The molecule has 0 fully saturated rings. The summed E-state index contributed by atoms with van der Waals surface area (Å²) in [5, 5.41) is 12.4. The maximum absolute atomic E-state index is 9.13. The Hall–Kier alpha value is -0.0600. The smallest absolute Gasteiger partial charge is 0.0498 e. The molecule has 2 N–H and O–H groups in total. The SMILES string of the molecule is CC(C)(CO)CNc1ccc(Br)cc1Br. The highest BCUT2D eigenvalue weighted by atomic mass is 79.9. The minimum absolute atomic E-state index is 0.105. The summed E-state index contributed by atoms with van der Waals surface area (Å²) >= 11 is 6.88. The molecule has 0 aromatic heterocycles. The van der Waals surface area contributed by atoms with Gasteiger partial charge in [0.25, 0.3) is 0 Å². The lowest BCUT2D eigenvalue weighted by Gasteiger charge is -2.23. The van der Waals surface area contributed by atoms with E-state index in [1.54, 1.807) is 0 Å². The van der Waals surface area contributed by atoms with E-state index in [1.807, 2.05) is 32.0 Å². The molecule has 0 aliphatic carbocycles. The second-order valence-electron chi connectivity index (χ2n) is 4.30. The fourth-order valence-electron chi connectivity index (χ4n) is 1.02. The molecule has 0 bridgehead atoms. The number of anilines is 1. The van der Waals surface area contributed by atoms with Gasteiger partial charge in [0.1, 0.15) is 0 Å². The van der Waals surface area contributed by atoms with E-state index in [2.05, 4.69) is 37.2 Å². The van der Waals surface area contributed by atoms with Crippen LogP contribution in [0.15, 0.2) is 27.1 Å². The average Bonchev–Trinajstić information content (AvgIpc) is 2.16. The quantitative estimate of drug-likeness (QED) is 0.879. The molecule has 0 atom stereocenters. The zero-order chi connectivity index (χ0) is 11.5. The van der Waals surface area contributed by atoms with Gasteiger partial charge in [-0.2, -0.15) is 0 Å². The van der Waals surface area contributed by atoms with Crippen molar-refractivity contribution in [2.75, 3.05) is 18.5 Å². The molecule has 4 heteroatoms. The monoisotopic (exact) mass is 335 g/mol. The molecule has 0 heterocycles. The predicted octanol–water partition coefficient (Wildman–Crippen LogP) is 3.64. The first kappa shape index (κ1) is 13.0. The largest absolute Gasteiger partial charge is 0.396 e. The molecule has 0 saturated carbocycles. The van der Waals surface area contributed by atoms with Crippen LogP contribution in [0.1, 0.15) is 13.8 Å². The highest BCUT2D eigenvalue weighted by Gasteiger charge is 2.16. The van der Waals surface area contributed by atoms with Crippen LogP contribution in [0.4, 0.5) is 5.69 Å². The van der Waals surface area contributed by atoms with E-state index in [0.717, 1.165) is 21.2 Å². The highest BCUT2D eigenvalue weighted by Crippen LogP contribution is 2.27. The van der Waals surface area contributed by atoms with Crippen molar-refractivity contribution in [1.82, 2.24) is 0 Å². The minimum Gasteiger partial charge on any atom is -0.396 e. The van der Waals surface area contributed by atoms with Gasteiger partial charge in [0.15, 0.2) is 0 Å². The van der Waals surface area contributed by atoms with Crippen LogP contribution in [0.2, 0.25) is 0 Å². The summed E-state index contributed by atoms with van der Waals surface area (Å²) in [4.78, 5) is 0. The molecule has 0 aliphatic heterocycles. The van der Waals surface area contributed by atoms with Gasteiger partial charge in [-0.1, -0.05) is 29.8 Å². The number of rotatable bonds is 4. The molecule has 84 valence electrons. The zero-order valence-electron chi connectivity index (χ0n) is 8.85. The van der Waals surface area contributed by atoms with Crippen LogP contribution in [0.25, 0.3) is 0 Å². The molecule has 0 unspecified atom stereocenters. The fourth-order valence-corrected chi connectivity index (χ4v) is 2.21. The molecule has 0 aliphatic rings. The third-order valence-corrected chi connectivity index (χ3v) is 3.27. The first-order chi connectivity index (χ1) is 6.94. The minimum atomic E-state index is -0.105. The predicted molar refractivity (Wildman–Crippen MR) is 71.2 cm³/mol. The van der Waals surface area contributed by atoms with Gasteiger partial charge in [-0.05, 0) is 34.1 Å². The summed E-state index contributed by atoms with van der Waals surface area (Å²) in [7, 11) is 0. The van der Waals surface area contributed by atoms with Gasteiger partial charge in [-0.3, -0.25) is 0 Å². The van der Waals surface area contributed by atoms with Gasteiger partial charge in [-0.15, -0.1) is 0 Å². The van der Waals surface area contributed by atoms with Crippen molar-refractivity contribution >= 4 is 37.5 Å². The highest BCUT2D eigenvalue weighted by molar-refractivity contribution is 9.11. The Labute approximate surface area is 107 Å². The third-order valence-electron chi connectivity index (χ3n) is 2.12. The van der Waals surface area contributed by atoms with E-state index in [9.17, 15) is 0 Å². The van der Waals surface area contributed by atoms with E-state index in [-0.39, 0.29) is 12.0 Å². The second-order valence-corrected chi connectivity index (χ2v) is 6.07. The maximum Gasteiger partial charge on any atom is 0.0498 e. The van der Waals surface area contributed by atoms with Crippen LogP contribution in [0.5, 0.6) is 0 Å². The van der Waals surface area contributed by atoms with E-state index in [0.29, 0.717) is 0 Å². The van der Waals surface area contributed by atoms with E-state index in [4.69, 9.17) is 5.11 Å². The lowest BCUT2D eigenvalue weighted by molar-refractivity contribution is 0.171. The van der Waals surface area contributed by atoms with E-state index in [1.165, 1.54) is 0 Å². The summed E-state index contributed by atoms with van der Waals surface area (Å²) in [6.07, 6.45) is 0. The summed E-state index contributed by atoms with van der Waals surface area (Å²) in [6.45, 7) is 4.96. The number of aliphatic hydroxyl groups is 1. The summed E-state index contributed by atoms with van der Waals surface area (Å²) in [5.41, 5.74) is 0.937. The molecule has 1 aromatic rings. The van der Waals surface area contributed by atoms with Gasteiger partial charge < -0.3 is 10.4 Å². The molecule has 2 nitrogen and oxygen atoms in total. The first-order valence-corrected chi connectivity index (χ1v) is 6.33. The van der Waals surface area contributed by atoms with Crippen LogP contribution in [-0.2, 0) is 0 Å². The van der Waals surface area contributed by atoms with Crippen LogP contribution in [0, 0.1) is 5.41 Å². The van der Waals surface area contributed by atoms with Crippen molar-refractivity contribution < 1.29 is 5.11 Å². The summed E-state index contributed by atoms with van der Waals surface area (Å²) in [6, 6.07) is 5.98. The van der Waals surface area contributed by atoms with Gasteiger partial charge in [-0.25, -0.2) is 0 Å². The standard InChI is InChI=1S/C11H15Br2NO/c1-11(2,7-15)6-14-10-4-3-8(12)5-9(10)13/h3-5,14-15H,6-7H2,1-2H3. The average molecular weight is 337 g/mol. The van der Waals surface area contributed by atoms with Gasteiger partial charge >= 0.3 is 0 Å². The maximum atomic E-state index is 9.13. The van der Waals surface area contributed by atoms with E-state index >= 15 is 0 Å². The molecule has 15 heavy (non-hydrogen) atoms. The number of benzene rings is 1. The van der Waals surface area contributed by atoms with Crippen LogP contribution in [0.3, 0.4) is 0 Å². The molecule has 0 spiro atoms. The fraction of sp³-hybridized carbons (Fsp3) is 0.455. The number of aliphatic hydroxyl groups excluding tert-OH is 1. The van der Waals surface area contributed by atoms with Crippen molar-refractivity contribution in [2.45, 2.75) is 13.8 Å². The lowest BCUT2D eigenvalue weighted by atomic mass is 9.95. The van der Waals surface area contributed by atoms with Crippen molar-refractivity contribution in [2.24, 2.45) is 5.41 Å². The topological polar surface area (TPSA) is 32.3 Å². The van der Waals surface area contributed by atoms with Crippen molar-refractivity contribution in [3.8, 4) is 0 Å². The Bertz CT molecular complexity index is 339. The number of nitrogens with one attached hydrogen (secondary N) is 1. The van der Waals surface area contributed by atoms with Crippen LogP contribution < -0.4 is 5.32 Å². The molecule has 1 rings (SSSR count). The molecule has 0 saturated heterocycles. The molecular weight excluding hydrogens is 322 g/mol. The Morgan fingerprint density at radius 3 is 2.53 bits per heavy atom. The Morgan fingerprint density at radius 2 is 2.00 bits per heavy atom. The molecule has 0 amide bonds. The first-order valence-electron chi connectivity index (χ1n) is 4.74. The van der Waals surface area contributed by atoms with Gasteiger partial charge in [0.05, 0.1) is 0 Å². The number of halogens is 2. The number of hydrogen-bond donors (Lipinski definition) is 2. The van der Waals surface area contributed by atoms with Crippen molar-refractivity contribution in [3.05, 3.63) is 27.1 Å². The normalized spacial score (nSPS) is 11.5. The molecule has 0 radical (unpaired) electrons. The molecular formula is C11H15Br2NO. The molecule has 1 aromatic carbocycles. The third kappa shape index (κ3) is 4.13. The van der Waals surface area contributed by atoms with Crippen molar-refractivity contribution in [3.63, 3.8) is 0 Å². The Kier molecular flexibility index (Phi) is 4.62. The Morgan fingerprint density at radius 1 is 1.33 bits per heavy atom. The van der Waals surface area contributed by atoms with Gasteiger partial charge in [0.2, 0.25) is 0 Å². The zero-order valence-corrected chi connectivity index (χ0v) is 12.0.